The highest BCUT2D eigenvalue weighted by Crippen LogP contribution is 2.11. The molecular weight excluding hydrogens is 216 g/mol. The highest BCUT2D eigenvalue weighted by Gasteiger charge is 2.23. The number of carbonyl (C=O) groups excluding carboxylic acids is 1. The molecule has 1 rings (SSSR count). The molecule has 0 aromatic carbocycles. The van der Waals surface area contributed by atoms with Crippen LogP contribution in [0.3, 0.4) is 0 Å². The number of rotatable bonds is 4. The van der Waals surface area contributed by atoms with Gasteiger partial charge in [-0.2, -0.15) is 0 Å². The molecule has 0 spiro atoms. The van der Waals surface area contributed by atoms with Crippen molar-refractivity contribution in [3.05, 3.63) is 17.0 Å². The Hall–Kier alpha value is -1.89. The minimum absolute atomic E-state index is 0.194. The normalized spacial score (nSPS) is 12.2. The summed E-state index contributed by atoms with van der Waals surface area (Å²) < 4.78 is 4.77. The lowest BCUT2D eigenvalue weighted by Crippen LogP contribution is -2.43. The van der Waals surface area contributed by atoms with Crippen molar-refractivity contribution in [2.45, 2.75) is 19.9 Å². The first-order valence-corrected chi connectivity index (χ1v) is 4.54. The summed E-state index contributed by atoms with van der Waals surface area (Å²) in [7, 11) is 0. The van der Waals surface area contributed by atoms with Gasteiger partial charge in [-0.3, -0.25) is 4.79 Å². The molecule has 1 aromatic rings. The SMILES string of the molecule is Cc1noc(C)c1C(=O)N[C@@H](CO)C(=O)O. The Labute approximate surface area is 91.0 Å². The molecule has 0 fully saturated rings. The lowest BCUT2D eigenvalue weighted by Gasteiger charge is -2.10. The minimum atomic E-state index is -1.33. The van der Waals surface area contributed by atoms with Gasteiger partial charge in [0.15, 0.2) is 6.04 Å². The number of nitrogens with one attached hydrogen (secondary N) is 1. The maximum absolute atomic E-state index is 11.6. The molecule has 7 nitrogen and oxygen atoms in total. The molecular formula is C9H12N2O5. The number of aliphatic hydroxyl groups is 1. The van der Waals surface area contributed by atoms with Gasteiger partial charge in [-0.25, -0.2) is 4.79 Å². The van der Waals surface area contributed by atoms with Crippen LogP contribution in [0.4, 0.5) is 0 Å². The first-order valence-electron chi connectivity index (χ1n) is 4.54. The second kappa shape index (κ2) is 4.75. The van der Waals surface area contributed by atoms with Gasteiger partial charge in [-0.05, 0) is 13.8 Å². The van der Waals surface area contributed by atoms with Gasteiger partial charge in [0.05, 0.1) is 12.3 Å². The van der Waals surface area contributed by atoms with Gasteiger partial charge in [-0.15, -0.1) is 0 Å². The van der Waals surface area contributed by atoms with Crippen molar-refractivity contribution in [1.82, 2.24) is 10.5 Å². The number of carboxylic acids is 1. The van der Waals surface area contributed by atoms with Gasteiger partial charge < -0.3 is 20.1 Å². The van der Waals surface area contributed by atoms with Crippen LogP contribution >= 0.6 is 0 Å². The fourth-order valence-corrected chi connectivity index (χ4v) is 1.22. The number of nitrogens with zero attached hydrogens (tertiary/aromatic N) is 1. The van der Waals surface area contributed by atoms with Gasteiger partial charge in [-0.1, -0.05) is 5.16 Å². The summed E-state index contributed by atoms with van der Waals surface area (Å²) in [5.41, 5.74) is 0.566. The quantitative estimate of drug-likeness (QED) is 0.638. The van der Waals surface area contributed by atoms with Crippen LogP contribution < -0.4 is 5.32 Å². The molecule has 0 unspecified atom stereocenters. The third kappa shape index (κ3) is 2.37. The molecule has 0 saturated heterocycles. The molecule has 88 valence electrons. The number of carbonyl (C=O) groups is 2. The van der Waals surface area contributed by atoms with Crippen LogP contribution in [0.25, 0.3) is 0 Å². The Bertz CT molecular complexity index is 393. The van der Waals surface area contributed by atoms with E-state index in [9.17, 15) is 9.59 Å². The maximum atomic E-state index is 11.6. The monoisotopic (exact) mass is 228 g/mol. The topological polar surface area (TPSA) is 113 Å². The van der Waals surface area contributed by atoms with E-state index in [0.29, 0.717) is 11.5 Å². The summed E-state index contributed by atoms with van der Waals surface area (Å²) in [6.45, 7) is 2.44. The average molecular weight is 228 g/mol. The molecule has 7 heteroatoms. The Kier molecular flexibility index (Phi) is 3.62. The fourth-order valence-electron chi connectivity index (χ4n) is 1.22. The molecule has 1 aromatic heterocycles. The molecule has 0 bridgehead atoms. The zero-order chi connectivity index (χ0) is 12.3. The summed E-state index contributed by atoms with van der Waals surface area (Å²) in [5, 5.41) is 23.1. The van der Waals surface area contributed by atoms with Gasteiger partial charge in [0.25, 0.3) is 5.91 Å². The predicted octanol–water partition coefficient (Wildman–Crippen LogP) is -0.533. The molecule has 0 aliphatic heterocycles. The minimum Gasteiger partial charge on any atom is -0.480 e. The standard InChI is InChI=1S/C9H12N2O5/c1-4-7(5(2)16-11-4)8(13)10-6(3-12)9(14)15/h6,12H,3H2,1-2H3,(H,10,13)(H,14,15)/t6-/m0/s1. The predicted molar refractivity (Wildman–Crippen MR) is 52.0 cm³/mol. The van der Waals surface area contributed by atoms with E-state index in [1.807, 2.05) is 0 Å². The first kappa shape index (κ1) is 12.2. The Balaban J connectivity index is 2.84. The number of aliphatic carboxylic acids is 1. The van der Waals surface area contributed by atoms with E-state index in [2.05, 4.69) is 10.5 Å². The van der Waals surface area contributed by atoms with Crippen LogP contribution in [0.1, 0.15) is 21.8 Å². The average Bonchev–Trinajstić information content (AvgIpc) is 2.54. The molecule has 0 saturated carbocycles. The van der Waals surface area contributed by atoms with E-state index in [1.165, 1.54) is 0 Å². The third-order valence-electron chi connectivity index (χ3n) is 2.05. The van der Waals surface area contributed by atoms with E-state index >= 15 is 0 Å². The molecule has 0 radical (unpaired) electrons. The van der Waals surface area contributed by atoms with E-state index in [4.69, 9.17) is 14.7 Å². The van der Waals surface area contributed by atoms with Crippen LogP contribution in [0.15, 0.2) is 4.52 Å². The van der Waals surface area contributed by atoms with Crippen molar-refractivity contribution in [2.75, 3.05) is 6.61 Å². The fraction of sp³-hybridized carbons (Fsp3) is 0.444. The smallest absolute Gasteiger partial charge is 0.328 e. The van der Waals surface area contributed by atoms with Crippen LogP contribution in [-0.2, 0) is 4.79 Å². The number of aryl methyl sites for hydroxylation is 2. The van der Waals surface area contributed by atoms with Crippen molar-refractivity contribution in [3.8, 4) is 0 Å². The van der Waals surface area contributed by atoms with Crippen LogP contribution in [0.2, 0.25) is 0 Å². The summed E-state index contributed by atoms with van der Waals surface area (Å²) in [4.78, 5) is 22.2. The van der Waals surface area contributed by atoms with Gasteiger partial charge in [0.2, 0.25) is 0 Å². The number of hydrogen-bond acceptors (Lipinski definition) is 5. The van der Waals surface area contributed by atoms with E-state index < -0.39 is 24.5 Å². The number of aromatic nitrogens is 1. The highest BCUT2D eigenvalue weighted by molar-refractivity contribution is 5.98. The van der Waals surface area contributed by atoms with E-state index in [1.54, 1.807) is 13.8 Å². The first-order chi connectivity index (χ1) is 7.47. The number of aliphatic hydroxyl groups excluding tert-OH is 1. The Morgan fingerprint density at radius 2 is 2.12 bits per heavy atom. The highest BCUT2D eigenvalue weighted by atomic mass is 16.5. The molecule has 1 atom stereocenters. The van der Waals surface area contributed by atoms with Crippen molar-refractivity contribution < 1.29 is 24.3 Å². The largest absolute Gasteiger partial charge is 0.480 e. The summed E-state index contributed by atoms with van der Waals surface area (Å²) in [6, 6.07) is -1.33. The van der Waals surface area contributed by atoms with Crippen LogP contribution in [0.5, 0.6) is 0 Å². The second-order valence-corrected chi connectivity index (χ2v) is 3.25. The van der Waals surface area contributed by atoms with Crippen LogP contribution in [-0.4, -0.2) is 39.9 Å². The summed E-state index contributed by atoms with van der Waals surface area (Å²) in [5.74, 6) is -1.63. The number of amides is 1. The maximum Gasteiger partial charge on any atom is 0.328 e. The van der Waals surface area contributed by atoms with Crippen molar-refractivity contribution >= 4 is 11.9 Å². The van der Waals surface area contributed by atoms with E-state index in [0.717, 1.165) is 0 Å². The lowest BCUT2D eigenvalue weighted by molar-refractivity contribution is -0.140. The summed E-state index contributed by atoms with van der Waals surface area (Å²) >= 11 is 0. The molecule has 16 heavy (non-hydrogen) atoms. The van der Waals surface area contributed by atoms with E-state index in [-0.39, 0.29) is 5.56 Å². The summed E-state index contributed by atoms with van der Waals surface area (Å²) in [6.07, 6.45) is 0. The number of hydrogen-bond donors (Lipinski definition) is 3. The lowest BCUT2D eigenvalue weighted by atomic mass is 10.2. The van der Waals surface area contributed by atoms with Gasteiger partial charge >= 0.3 is 5.97 Å². The van der Waals surface area contributed by atoms with Crippen molar-refractivity contribution in [2.24, 2.45) is 0 Å². The van der Waals surface area contributed by atoms with Gasteiger partial charge in [0, 0.05) is 0 Å². The second-order valence-electron chi connectivity index (χ2n) is 3.25. The third-order valence-corrected chi connectivity index (χ3v) is 2.05. The Morgan fingerprint density at radius 1 is 1.50 bits per heavy atom. The zero-order valence-corrected chi connectivity index (χ0v) is 8.85. The van der Waals surface area contributed by atoms with Gasteiger partial charge in [0.1, 0.15) is 11.3 Å². The van der Waals surface area contributed by atoms with Crippen LogP contribution in [0, 0.1) is 13.8 Å². The molecule has 3 N–H and O–H groups in total. The van der Waals surface area contributed by atoms with Crippen molar-refractivity contribution in [3.63, 3.8) is 0 Å². The van der Waals surface area contributed by atoms with Crippen molar-refractivity contribution in [1.29, 1.82) is 0 Å². The zero-order valence-electron chi connectivity index (χ0n) is 8.85. The Morgan fingerprint density at radius 3 is 2.50 bits per heavy atom. The molecule has 0 aliphatic rings. The number of carboxylic acid groups (broad SMARTS) is 1. The molecule has 1 heterocycles. The molecule has 1 amide bonds. The molecule has 0 aliphatic carbocycles.